The number of hydrogen-bond donors (Lipinski definition) is 0. The largest absolute Gasteiger partial charge is 0.456 e. The van der Waals surface area contributed by atoms with E-state index >= 15 is 0 Å². The van der Waals surface area contributed by atoms with Crippen LogP contribution in [0.4, 0.5) is 0 Å². The lowest BCUT2D eigenvalue weighted by Gasteiger charge is -2.25. The molecule has 0 spiro atoms. The van der Waals surface area contributed by atoms with Crippen molar-refractivity contribution < 1.29 is 8.83 Å². The van der Waals surface area contributed by atoms with E-state index in [4.69, 9.17) is 8.83 Å². The number of benzene rings is 8. The number of furan rings is 2. The van der Waals surface area contributed by atoms with Gasteiger partial charge in [-0.1, -0.05) is 114 Å². The first-order chi connectivity index (χ1) is 29.3. The average molecular weight is 787 g/mol. The fourth-order valence-corrected chi connectivity index (χ4v) is 11.8. The monoisotopic (exact) mass is 786 g/mol. The molecule has 0 bridgehead atoms. The lowest BCUT2D eigenvalue weighted by molar-refractivity contribution is 0.630. The summed E-state index contributed by atoms with van der Waals surface area (Å²) in [5.41, 5.74) is 22.5. The Morgan fingerprint density at radius 3 is 1.10 bits per heavy atom. The maximum absolute atomic E-state index is 6.62. The highest BCUT2D eigenvalue weighted by Crippen LogP contribution is 2.61. The summed E-state index contributed by atoms with van der Waals surface area (Å²) in [6.07, 6.45) is 0. The van der Waals surface area contributed by atoms with Crippen molar-refractivity contribution in [2.24, 2.45) is 0 Å². The molecule has 0 atom stereocenters. The SMILES string of the molecule is Cc1ccc2cc(-c3cc4c(c5ccccc35)-c3cc5c(cc3C4(C)C)-c3cc4c(cc3C5(C)C)-c3c(cc(-c5cc6ccc(C)cc6o5)c5ccccc35)C4(C)C)oc2c1. The van der Waals surface area contributed by atoms with Crippen molar-refractivity contribution in [1.82, 2.24) is 0 Å². The molecule has 0 aliphatic heterocycles. The fourth-order valence-electron chi connectivity index (χ4n) is 11.8. The predicted molar refractivity (Wildman–Crippen MR) is 254 cm³/mol. The predicted octanol–water partition coefficient (Wildman–Crippen LogP) is 16.4. The molecule has 0 amide bonds. The zero-order valence-electron chi connectivity index (χ0n) is 36.0. The van der Waals surface area contributed by atoms with Crippen molar-refractivity contribution in [2.75, 3.05) is 0 Å². The van der Waals surface area contributed by atoms with Crippen LogP contribution in [0.15, 0.2) is 142 Å². The molecule has 2 heteroatoms. The van der Waals surface area contributed by atoms with Crippen molar-refractivity contribution >= 4 is 43.5 Å². The standard InChI is InChI=1S/C59H46O2/c1-31-17-19-33-23-53(60-51(33)21-31)41-27-49-55(37-15-11-9-13-35(37)41)43-29-45-39(25-47(43)58(49,5)6)40-26-48-44(30-46(40)57(45,3)4)56-38-16-12-10-14-36(38)42(28-50(56)59(48,7)8)54-24-34-20-18-32(2)22-52(34)61-54/h9-30H,1-8H3. The minimum absolute atomic E-state index is 0.196. The highest BCUT2D eigenvalue weighted by molar-refractivity contribution is 6.11. The zero-order chi connectivity index (χ0) is 41.5. The molecule has 0 radical (unpaired) electrons. The summed E-state index contributed by atoms with van der Waals surface area (Å²) < 4.78 is 13.2. The smallest absolute Gasteiger partial charge is 0.136 e. The Labute approximate surface area is 356 Å². The Morgan fingerprint density at radius 1 is 0.328 bits per heavy atom. The van der Waals surface area contributed by atoms with Gasteiger partial charge in [0.2, 0.25) is 0 Å². The molecular weight excluding hydrogens is 741 g/mol. The lowest BCUT2D eigenvalue weighted by atomic mass is 9.78. The van der Waals surface area contributed by atoms with Gasteiger partial charge in [-0.3, -0.25) is 0 Å². The van der Waals surface area contributed by atoms with Crippen LogP contribution in [0.3, 0.4) is 0 Å². The molecule has 3 aliphatic carbocycles. The number of aryl methyl sites for hydroxylation is 2. The zero-order valence-corrected chi connectivity index (χ0v) is 36.0. The summed E-state index contributed by atoms with van der Waals surface area (Å²) in [4.78, 5) is 0. The van der Waals surface area contributed by atoms with Gasteiger partial charge in [-0.2, -0.15) is 0 Å². The van der Waals surface area contributed by atoms with Gasteiger partial charge >= 0.3 is 0 Å². The van der Waals surface area contributed by atoms with Gasteiger partial charge in [0.25, 0.3) is 0 Å². The first-order valence-electron chi connectivity index (χ1n) is 21.8. The summed E-state index contributed by atoms with van der Waals surface area (Å²) in [5, 5.41) is 7.30. The number of rotatable bonds is 2. The summed E-state index contributed by atoms with van der Waals surface area (Å²) in [7, 11) is 0. The molecule has 0 saturated carbocycles. The minimum atomic E-state index is -0.217. The van der Waals surface area contributed by atoms with E-state index in [9.17, 15) is 0 Å². The molecule has 2 heterocycles. The summed E-state index contributed by atoms with van der Waals surface area (Å²) in [5.74, 6) is 1.85. The van der Waals surface area contributed by atoms with Crippen molar-refractivity contribution in [3.63, 3.8) is 0 Å². The molecule has 0 fully saturated rings. The Kier molecular flexibility index (Phi) is 6.56. The van der Waals surface area contributed by atoms with E-state index in [1.54, 1.807) is 0 Å². The second-order valence-electron chi connectivity index (χ2n) is 19.9. The highest BCUT2D eigenvalue weighted by Gasteiger charge is 2.45. The molecule has 61 heavy (non-hydrogen) atoms. The van der Waals surface area contributed by atoms with Crippen LogP contribution in [0.2, 0.25) is 0 Å². The molecule has 10 aromatic rings. The second-order valence-corrected chi connectivity index (χ2v) is 19.9. The van der Waals surface area contributed by atoms with E-state index in [2.05, 4.69) is 189 Å². The Hall–Kier alpha value is -6.64. The number of fused-ring (bicyclic) bond motifs is 15. The van der Waals surface area contributed by atoms with E-state index in [1.807, 2.05) is 0 Å². The van der Waals surface area contributed by atoms with Gasteiger partial charge in [-0.25, -0.2) is 0 Å². The molecule has 0 N–H and O–H groups in total. The van der Waals surface area contributed by atoms with Gasteiger partial charge in [0, 0.05) is 38.1 Å². The van der Waals surface area contributed by atoms with Crippen molar-refractivity contribution in [1.29, 1.82) is 0 Å². The van der Waals surface area contributed by atoms with E-state index in [1.165, 1.54) is 99.4 Å². The molecule has 0 unspecified atom stereocenters. The molecule has 2 nitrogen and oxygen atoms in total. The van der Waals surface area contributed by atoms with Gasteiger partial charge in [-0.15, -0.1) is 0 Å². The Morgan fingerprint density at radius 2 is 0.672 bits per heavy atom. The molecule has 0 saturated heterocycles. The van der Waals surface area contributed by atoms with Crippen LogP contribution in [0.25, 0.3) is 99.5 Å². The minimum Gasteiger partial charge on any atom is -0.456 e. The van der Waals surface area contributed by atoms with E-state index in [0.29, 0.717) is 0 Å². The maximum atomic E-state index is 6.62. The normalized spacial score (nSPS) is 15.9. The summed E-state index contributed by atoms with van der Waals surface area (Å²) in [6, 6.07) is 50.4. The fraction of sp³-hybridized carbons (Fsp3) is 0.186. The van der Waals surface area contributed by atoms with Crippen LogP contribution in [-0.4, -0.2) is 0 Å². The van der Waals surface area contributed by atoms with Gasteiger partial charge in [0.1, 0.15) is 22.7 Å². The molecule has 13 rings (SSSR count). The third-order valence-corrected chi connectivity index (χ3v) is 15.2. The maximum Gasteiger partial charge on any atom is 0.136 e. The molecule has 294 valence electrons. The van der Waals surface area contributed by atoms with E-state index in [0.717, 1.165) is 44.6 Å². The molecule has 8 aromatic carbocycles. The van der Waals surface area contributed by atoms with Crippen LogP contribution >= 0.6 is 0 Å². The van der Waals surface area contributed by atoms with Crippen molar-refractivity contribution in [3.05, 3.63) is 178 Å². The third-order valence-electron chi connectivity index (χ3n) is 15.2. The van der Waals surface area contributed by atoms with Crippen LogP contribution < -0.4 is 0 Å². The third kappa shape index (κ3) is 4.47. The highest BCUT2D eigenvalue weighted by atomic mass is 16.3. The molecule has 2 aromatic heterocycles. The van der Waals surface area contributed by atoms with Gasteiger partial charge < -0.3 is 8.83 Å². The second kappa shape index (κ2) is 11.4. The lowest BCUT2D eigenvalue weighted by Crippen LogP contribution is -2.17. The Balaban J connectivity index is 0.992. The van der Waals surface area contributed by atoms with E-state index < -0.39 is 0 Å². The van der Waals surface area contributed by atoms with Crippen LogP contribution in [0.1, 0.15) is 86.1 Å². The van der Waals surface area contributed by atoms with Crippen molar-refractivity contribution in [2.45, 2.75) is 71.6 Å². The first kappa shape index (κ1) is 35.1. The first-order valence-corrected chi connectivity index (χ1v) is 21.8. The average Bonchev–Trinajstić information content (AvgIpc) is 4.01. The Bertz CT molecular complexity index is 3390. The van der Waals surface area contributed by atoms with Gasteiger partial charge in [-0.05, 0) is 174 Å². The summed E-state index contributed by atoms with van der Waals surface area (Å²) >= 11 is 0. The van der Waals surface area contributed by atoms with Crippen LogP contribution in [-0.2, 0) is 16.2 Å². The van der Waals surface area contributed by atoms with Crippen LogP contribution in [0, 0.1) is 13.8 Å². The molecular formula is C59H46O2. The van der Waals surface area contributed by atoms with Crippen molar-refractivity contribution in [3.8, 4) is 56.0 Å². The topological polar surface area (TPSA) is 26.3 Å². The number of hydrogen-bond acceptors (Lipinski definition) is 2. The summed E-state index contributed by atoms with van der Waals surface area (Å²) in [6.45, 7) is 18.8. The molecule has 3 aliphatic rings. The quantitative estimate of drug-likeness (QED) is 0.174. The van der Waals surface area contributed by atoms with Crippen LogP contribution in [0.5, 0.6) is 0 Å². The van der Waals surface area contributed by atoms with Gasteiger partial charge in [0.05, 0.1) is 0 Å². The van der Waals surface area contributed by atoms with E-state index in [-0.39, 0.29) is 16.2 Å². The van der Waals surface area contributed by atoms with Gasteiger partial charge in [0.15, 0.2) is 0 Å².